The van der Waals surface area contributed by atoms with E-state index < -0.39 is 0 Å². The van der Waals surface area contributed by atoms with Crippen LogP contribution in [0.15, 0.2) is 18.2 Å². The van der Waals surface area contributed by atoms with Crippen molar-refractivity contribution in [2.45, 2.75) is 38.3 Å². The summed E-state index contributed by atoms with van der Waals surface area (Å²) >= 11 is 15.5. The maximum atomic E-state index is 6.06. The number of benzene rings is 1. The maximum Gasteiger partial charge on any atom is 0.0595 e. The Kier molecular flexibility index (Phi) is 5.81. The Morgan fingerprint density at radius 1 is 1.28 bits per heavy atom. The fourth-order valence-electron chi connectivity index (χ4n) is 2.62. The van der Waals surface area contributed by atoms with Crippen LogP contribution < -0.4 is 0 Å². The highest BCUT2D eigenvalue weighted by atomic mass is 79.9. The molecule has 0 amide bonds. The Hall–Kier alpha value is 0.240. The van der Waals surface area contributed by atoms with Gasteiger partial charge in [0, 0.05) is 17.9 Å². The van der Waals surface area contributed by atoms with Crippen LogP contribution in [0.25, 0.3) is 0 Å². The number of alkyl halides is 1. The van der Waals surface area contributed by atoms with Crippen molar-refractivity contribution < 1.29 is 0 Å². The Balaban J connectivity index is 1.96. The van der Waals surface area contributed by atoms with E-state index in [4.69, 9.17) is 23.2 Å². The third kappa shape index (κ3) is 3.86. The molecule has 0 saturated carbocycles. The SMILES string of the molecule is Clc1ccc(CN2CCCC2CCCBr)cc1Cl. The zero-order valence-corrected chi connectivity index (χ0v) is 13.4. The van der Waals surface area contributed by atoms with E-state index in [-0.39, 0.29) is 0 Å². The second-order valence-corrected chi connectivity index (χ2v) is 6.45. The first-order valence-corrected chi connectivity index (χ1v) is 8.32. The van der Waals surface area contributed by atoms with Gasteiger partial charge in [-0.25, -0.2) is 0 Å². The van der Waals surface area contributed by atoms with Crippen molar-refractivity contribution in [2.24, 2.45) is 0 Å². The summed E-state index contributed by atoms with van der Waals surface area (Å²) in [6, 6.07) is 6.69. The predicted octanol–water partition coefficient (Wildman–Crippen LogP) is 5.13. The molecule has 0 aliphatic carbocycles. The normalized spacial score (nSPS) is 20.5. The van der Waals surface area contributed by atoms with Gasteiger partial charge in [-0.3, -0.25) is 4.90 Å². The number of likely N-dealkylation sites (tertiary alicyclic amines) is 1. The molecular formula is C14H18BrCl2N. The first-order chi connectivity index (χ1) is 8.70. The van der Waals surface area contributed by atoms with E-state index in [0.29, 0.717) is 10.0 Å². The predicted molar refractivity (Wildman–Crippen MR) is 82.9 cm³/mol. The Bertz CT molecular complexity index is 397. The first kappa shape index (κ1) is 14.6. The summed E-state index contributed by atoms with van der Waals surface area (Å²) in [5, 5.41) is 2.40. The van der Waals surface area contributed by atoms with E-state index in [9.17, 15) is 0 Å². The zero-order chi connectivity index (χ0) is 13.0. The molecule has 0 radical (unpaired) electrons. The van der Waals surface area contributed by atoms with Gasteiger partial charge in [-0.05, 0) is 49.9 Å². The van der Waals surface area contributed by atoms with Crippen LogP contribution >= 0.6 is 39.1 Å². The fraction of sp³-hybridized carbons (Fsp3) is 0.571. The summed E-state index contributed by atoms with van der Waals surface area (Å²) in [5.74, 6) is 0. The molecule has 0 N–H and O–H groups in total. The molecule has 1 aliphatic rings. The summed E-state index contributed by atoms with van der Waals surface area (Å²) in [6.45, 7) is 2.19. The van der Waals surface area contributed by atoms with Crippen molar-refractivity contribution >= 4 is 39.1 Å². The zero-order valence-electron chi connectivity index (χ0n) is 10.3. The molecule has 1 unspecified atom stereocenters. The van der Waals surface area contributed by atoms with Gasteiger partial charge < -0.3 is 0 Å². The minimum absolute atomic E-state index is 0.637. The molecule has 1 saturated heterocycles. The van der Waals surface area contributed by atoms with E-state index >= 15 is 0 Å². The van der Waals surface area contributed by atoms with E-state index in [1.165, 1.54) is 37.8 Å². The van der Waals surface area contributed by atoms with Gasteiger partial charge in [-0.1, -0.05) is 45.2 Å². The minimum atomic E-state index is 0.637. The maximum absolute atomic E-state index is 6.06. The molecule has 2 rings (SSSR count). The van der Waals surface area contributed by atoms with Crippen LogP contribution in [0, 0.1) is 0 Å². The molecule has 1 aliphatic heterocycles. The summed E-state index contributed by atoms with van der Waals surface area (Å²) in [6.07, 6.45) is 5.18. The highest BCUT2D eigenvalue weighted by Crippen LogP contribution is 2.27. The van der Waals surface area contributed by atoms with Crippen molar-refractivity contribution in [2.75, 3.05) is 11.9 Å². The van der Waals surface area contributed by atoms with Gasteiger partial charge >= 0.3 is 0 Å². The van der Waals surface area contributed by atoms with Crippen LogP contribution in [-0.2, 0) is 6.54 Å². The van der Waals surface area contributed by atoms with Gasteiger partial charge in [0.25, 0.3) is 0 Å². The molecule has 0 spiro atoms. The molecule has 1 nitrogen and oxygen atoms in total. The van der Waals surface area contributed by atoms with E-state index in [0.717, 1.165) is 17.9 Å². The third-order valence-corrected chi connectivity index (χ3v) is 4.84. The van der Waals surface area contributed by atoms with Crippen LogP contribution in [0.5, 0.6) is 0 Å². The lowest BCUT2D eigenvalue weighted by Gasteiger charge is -2.24. The van der Waals surface area contributed by atoms with Gasteiger partial charge in [0.05, 0.1) is 10.0 Å². The number of halogens is 3. The number of nitrogens with zero attached hydrogens (tertiary/aromatic N) is 1. The van der Waals surface area contributed by atoms with Gasteiger partial charge in [-0.2, -0.15) is 0 Å². The largest absolute Gasteiger partial charge is 0.296 e. The average Bonchev–Trinajstić information content (AvgIpc) is 2.79. The Morgan fingerprint density at radius 3 is 2.83 bits per heavy atom. The molecular weight excluding hydrogens is 333 g/mol. The molecule has 100 valence electrons. The second kappa shape index (κ2) is 7.14. The summed E-state index contributed by atoms with van der Waals surface area (Å²) < 4.78 is 0. The van der Waals surface area contributed by atoms with Crippen LogP contribution in [0.1, 0.15) is 31.2 Å². The molecule has 1 heterocycles. The Morgan fingerprint density at radius 2 is 2.11 bits per heavy atom. The quantitative estimate of drug-likeness (QED) is 0.665. The Labute approximate surface area is 128 Å². The molecule has 1 atom stereocenters. The van der Waals surface area contributed by atoms with Gasteiger partial charge in [0.1, 0.15) is 0 Å². The van der Waals surface area contributed by atoms with Crippen LogP contribution in [-0.4, -0.2) is 22.8 Å². The van der Waals surface area contributed by atoms with Crippen molar-refractivity contribution in [3.05, 3.63) is 33.8 Å². The van der Waals surface area contributed by atoms with Crippen molar-refractivity contribution in [1.29, 1.82) is 0 Å². The van der Waals surface area contributed by atoms with E-state index in [1.54, 1.807) is 0 Å². The molecule has 0 aromatic heterocycles. The molecule has 1 aromatic carbocycles. The lowest BCUT2D eigenvalue weighted by atomic mass is 10.1. The molecule has 18 heavy (non-hydrogen) atoms. The van der Waals surface area contributed by atoms with E-state index in [2.05, 4.69) is 26.9 Å². The summed E-state index contributed by atoms with van der Waals surface area (Å²) in [7, 11) is 0. The molecule has 1 fully saturated rings. The van der Waals surface area contributed by atoms with Crippen LogP contribution in [0.3, 0.4) is 0 Å². The highest BCUT2D eigenvalue weighted by molar-refractivity contribution is 9.09. The summed E-state index contributed by atoms with van der Waals surface area (Å²) in [4.78, 5) is 2.57. The van der Waals surface area contributed by atoms with Gasteiger partial charge in [0.15, 0.2) is 0 Å². The number of hydrogen-bond acceptors (Lipinski definition) is 1. The minimum Gasteiger partial charge on any atom is -0.296 e. The number of rotatable bonds is 5. The summed E-state index contributed by atoms with van der Waals surface area (Å²) in [5.41, 5.74) is 1.26. The van der Waals surface area contributed by atoms with Gasteiger partial charge in [0.2, 0.25) is 0 Å². The van der Waals surface area contributed by atoms with E-state index in [1.807, 2.05) is 12.1 Å². The third-order valence-electron chi connectivity index (χ3n) is 3.54. The fourth-order valence-corrected chi connectivity index (χ4v) is 3.26. The second-order valence-electron chi connectivity index (χ2n) is 4.85. The molecule has 4 heteroatoms. The van der Waals surface area contributed by atoms with Crippen molar-refractivity contribution in [1.82, 2.24) is 4.90 Å². The lowest BCUT2D eigenvalue weighted by molar-refractivity contribution is 0.234. The van der Waals surface area contributed by atoms with Crippen molar-refractivity contribution in [3.63, 3.8) is 0 Å². The standard InChI is InChI=1S/C14H18BrCl2N/c15-7-1-3-12-4-2-8-18(12)10-11-5-6-13(16)14(17)9-11/h5-6,9,12H,1-4,7-8,10H2. The molecule has 0 bridgehead atoms. The highest BCUT2D eigenvalue weighted by Gasteiger charge is 2.23. The van der Waals surface area contributed by atoms with Crippen LogP contribution in [0.4, 0.5) is 0 Å². The smallest absolute Gasteiger partial charge is 0.0595 e. The average molecular weight is 351 g/mol. The first-order valence-electron chi connectivity index (χ1n) is 6.44. The van der Waals surface area contributed by atoms with Crippen LogP contribution in [0.2, 0.25) is 10.0 Å². The van der Waals surface area contributed by atoms with Gasteiger partial charge in [-0.15, -0.1) is 0 Å². The molecule has 1 aromatic rings. The lowest BCUT2D eigenvalue weighted by Crippen LogP contribution is -2.28. The topological polar surface area (TPSA) is 3.24 Å². The number of hydrogen-bond donors (Lipinski definition) is 0. The van der Waals surface area contributed by atoms with Crippen molar-refractivity contribution in [3.8, 4) is 0 Å². The monoisotopic (exact) mass is 349 g/mol.